The molecule has 3 heteroatoms. The second kappa shape index (κ2) is 4.80. The van der Waals surface area contributed by atoms with Crippen LogP contribution in [-0.4, -0.2) is 25.8 Å². The summed E-state index contributed by atoms with van der Waals surface area (Å²) in [5, 5.41) is 1.08. The summed E-state index contributed by atoms with van der Waals surface area (Å²) in [6.45, 7) is 2.35. The van der Waals surface area contributed by atoms with Crippen molar-refractivity contribution in [2.24, 2.45) is 0 Å². The van der Waals surface area contributed by atoms with E-state index in [0.717, 1.165) is 5.25 Å². The number of ether oxygens (including phenoxy) is 1. The number of hydrogen-bond donors (Lipinski definition) is 0. The van der Waals surface area contributed by atoms with Crippen LogP contribution in [0.2, 0.25) is 22.5 Å². The van der Waals surface area contributed by atoms with E-state index in [4.69, 9.17) is 4.74 Å². The van der Waals surface area contributed by atoms with Gasteiger partial charge in [-0.2, -0.15) is 0 Å². The van der Waals surface area contributed by atoms with Crippen molar-refractivity contribution in [1.29, 1.82) is 0 Å². The molecule has 0 aromatic carbocycles. The van der Waals surface area contributed by atoms with E-state index in [1.165, 1.54) is 0 Å². The van der Waals surface area contributed by atoms with E-state index in [2.05, 4.69) is 17.3 Å². The number of carbonyl (C=O) groups is 1. The molecule has 2 nitrogen and oxygen atoms in total. The molecule has 0 spiro atoms. The monoisotopic (exact) mass is 220 g/mol. The Labute approximate surface area is 71.7 Å². The summed E-state index contributed by atoms with van der Waals surface area (Å²) in [7, 11) is 0. The zero-order valence-electron chi connectivity index (χ0n) is 7.94. The third kappa shape index (κ3) is 7.91. The quantitative estimate of drug-likeness (QED) is 0.535. The van der Waals surface area contributed by atoms with E-state index >= 15 is 0 Å². The molecule has 0 atom stereocenters. The molecule has 0 aliphatic carbocycles. The van der Waals surface area contributed by atoms with Crippen LogP contribution in [0.5, 0.6) is 0 Å². The van der Waals surface area contributed by atoms with Crippen LogP contribution in [0.4, 0.5) is 0 Å². The number of hydrogen-bond acceptors (Lipinski definition) is 2. The molecule has 0 saturated carbocycles. The molecule has 0 aromatic heterocycles. The van der Waals surface area contributed by atoms with Gasteiger partial charge in [-0.15, -0.1) is 0 Å². The molecule has 0 aromatic rings. The van der Waals surface area contributed by atoms with E-state index in [9.17, 15) is 4.79 Å². The Balaban J connectivity index is 3.46. The van der Waals surface area contributed by atoms with Gasteiger partial charge in [0.05, 0.1) is 0 Å². The molecule has 0 aliphatic heterocycles. The van der Waals surface area contributed by atoms with Crippen LogP contribution in [-0.2, 0) is 9.53 Å². The van der Waals surface area contributed by atoms with Gasteiger partial charge in [-0.05, 0) is 0 Å². The summed E-state index contributed by atoms with van der Waals surface area (Å²) in [5.74, 6) is 6.88. The van der Waals surface area contributed by atoms with Crippen LogP contribution in [0, 0.1) is 0 Å². The Kier molecular flexibility index (Phi) is 4.81. The minimum absolute atomic E-state index is 0.0342. The van der Waals surface area contributed by atoms with Gasteiger partial charge in [-0.25, -0.2) is 0 Å². The molecular formula is C8H18GeO2. The van der Waals surface area contributed by atoms with Gasteiger partial charge < -0.3 is 0 Å². The van der Waals surface area contributed by atoms with Crippen LogP contribution in [0.1, 0.15) is 13.3 Å². The zero-order chi connectivity index (χ0) is 8.91. The van der Waals surface area contributed by atoms with Gasteiger partial charge in [0.25, 0.3) is 0 Å². The number of esters is 1. The van der Waals surface area contributed by atoms with E-state index < -0.39 is 13.3 Å². The second-order valence-corrected chi connectivity index (χ2v) is 15.7. The minimum atomic E-state index is -1.50. The zero-order valence-corrected chi connectivity index (χ0v) is 10.0. The standard InChI is InChI=1S/C8H18GeO2/c1-5-11-8(10)6-7-9(2,3)4/h5-7H2,1-4H3. The summed E-state index contributed by atoms with van der Waals surface area (Å²) in [6, 6.07) is 0. The van der Waals surface area contributed by atoms with Crippen molar-refractivity contribution in [2.75, 3.05) is 6.61 Å². The van der Waals surface area contributed by atoms with Gasteiger partial charge in [-0.1, -0.05) is 0 Å². The van der Waals surface area contributed by atoms with E-state index in [1.54, 1.807) is 0 Å². The molecule has 66 valence electrons. The first-order valence-corrected chi connectivity index (χ1v) is 11.9. The molecule has 11 heavy (non-hydrogen) atoms. The third-order valence-corrected chi connectivity index (χ3v) is 5.06. The Morgan fingerprint density at radius 3 is 2.27 bits per heavy atom. The molecule has 0 heterocycles. The van der Waals surface area contributed by atoms with Crippen molar-refractivity contribution in [3.05, 3.63) is 0 Å². The van der Waals surface area contributed by atoms with E-state index in [-0.39, 0.29) is 5.97 Å². The molecule has 0 bridgehead atoms. The summed E-state index contributed by atoms with van der Waals surface area (Å²) >= 11 is -1.50. The van der Waals surface area contributed by atoms with Crippen molar-refractivity contribution in [2.45, 2.75) is 35.9 Å². The van der Waals surface area contributed by atoms with Crippen molar-refractivity contribution >= 4 is 19.2 Å². The molecule has 0 rings (SSSR count). The fourth-order valence-electron chi connectivity index (χ4n) is 0.710. The molecule has 0 aliphatic rings. The Morgan fingerprint density at radius 2 is 1.91 bits per heavy atom. The van der Waals surface area contributed by atoms with E-state index in [1.807, 2.05) is 6.92 Å². The third-order valence-electron chi connectivity index (χ3n) is 1.38. The normalized spacial score (nSPS) is 11.3. The fraction of sp³-hybridized carbons (Fsp3) is 0.875. The Hall–Kier alpha value is 0.0129. The Bertz CT molecular complexity index is 127. The second-order valence-electron chi connectivity index (χ2n) is 3.87. The first-order valence-electron chi connectivity index (χ1n) is 4.11. The predicted octanol–water partition coefficient (Wildman–Crippen LogP) is 2.28. The average molecular weight is 219 g/mol. The fourth-order valence-corrected chi connectivity index (χ4v) is 2.71. The van der Waals surface area contributed by atoms with Crippen LogP contribution in [0.25, 0.3) is 0 Å². The van der Waals surface area contributed by atoms with Gasteiger partial charge in [0.2, 0.25) is 0 Å². The summed E-state index contributed by atoms with van der Waals surface area (Å²) in [5.41, 5.74) is 0. The molecular weight excluding hydrogens is 201 g/mol. The predicted molar refractivity (Wildman–Crippen MR) is 49.4 cm³/mol. The van der Waals surface area contributed by atoms with Crippen molar-refractivity contribution in [3.63, 3.8) is 0 Å². The van der Waals surface area contributed by atoms with E-state index in [0.29, 0.717) is 13.0 Å². The maximum atomic E-state index is 10.9. The first kappa shape index (κ1) is 11.0. The van der Waals surface area contributed by atoms with Gasteiger partial charge in [-0.3, -0.25) is 0 Å². The SMILES string of the molecule is CCOC(=O)C[CH2][Ge]([CH3])([CH3])[CH3]. The molecule has 0 N–H and O–H groups in total. The van der Waals surface area contributed by atoms with Crippen LogP contribution < -0.4 is 0 Å². The van der Waals surface area contributed by atoms with Crippen LogP contribution in [0.3, 0.4) is 0 Å². The molecule has 0 saturated heterocycles. The molecule has 0 amide bonds. The van der Waals surface area contributed by atoms with Gasteiger partial charge in [0.15, 0.2) is 0 Å². The summed E-state index contributed by atoms with van der Waals surface area (Å²) in [6.07, 6.45) is 0.622. The average Bonchev–Trinajstić information content (AvgIpc) is 1.83. The van der Waals surface area contributed by atoms with Crippen molar-refractivity contribution in [3.8, 4) is 0 Å². The van der Waals surface area contributed by atoms with Gasteiger partial charge in [0, 0.05) is 0 Å². The van der Waals surface area contributed by atoms with Crippen LogP contribution >= 0.6 is 0 Å². The van der Waals surface area contributed by atoms with Crippen molar-refractivity contribution < 1.29 is 9.53 Å². The maximum absolute atomic E-state index is 10.9. The van der Waals surface area contributed by atoms with Crippen LogP contribution in [0.15, 0.2) is 0 Å². The molecule has 0 radical (unpaired) electrons. The summed E-state index contributed by atoms with van der Waals surface area (Å²) < 4.78 is 4.83. The number of rotatable bonds is 4. The molecule has 0 fully saturated rings. The first-order chi connectivity index (χ1) is 4.95. The van der Waals surface area contributed by atoms with Crippen molar-refractivity contribution in [1.82, 2.24) is 0 Å². The number of carbonyl (C=O) groups excluding carboxylic acids is 1. The van der Waals surface area contributed by atoms with Gasteiger partial charge >= 0.3 is 71.2 Å². The molecule has 0 unspecified atom stereocenters. The summed E-state index contributed by atoms with van der Waals surface area (Å²) in [4.78, 5) is 10.9. The Morgan fingerprint density at radius 1 is 1.36 bits per heavy atom. The topological polar surface area (TPSA) is 26.3 Å². The van der Waals surface area contributed by atoms with Gasteiger partial charge in [0.1, 0.15) is 0 Å².